The predicted molar refractivity (Wildman–Crippen MR) is 121 cm³/mol. The van der Waals surface area contributed by atoms with E-state index in [1.165, 1.54) is 26.7 Å². The van der Waals surface area contributed by atoms with Crippen LogP contribution in [0.5, 0.6) is 11.5 Å². The Bertz CT molecular complexity index is 861. The highest BCUT2D eigenvalue weighted by Crippen LogP contribution is 2.41. The lowest BCUT2D eigenvalue weighted by atomic mass is 9.87. The van der Waals surface area contributed by atoms with E-state index in [1.54, 1.807) is 7.11 Å². The van der Waals surface area contributed by atoms with Crippen LogP contribution in [-0.4, -0.2) is 15.4 Å². The van der Waals surface area contributed by atoms with E-state index in [1.807, 2.05) is 6.07 Å². The Morgan fingerprint density at radius 1 is 0.926 bits per heavy atom. The molecule has 2 aromatic carbocycles. The van der Waals surface area contributed by atoms with Gasteiger partial charge in [0.05, 0.1) is 7.11 Å². The molecule has 1 aliphatic rings. The maximum atomic E-state index is 6.43. The third-order valence-electron chi connectivity index (χ3n) is 5.79. The van der Waals surface area contributed by atoms with E-state index in [0.717, 1.165) is 24.3 Å². The molecule has 0 N–H and O–H groups in total. The molecule has 4 heteroatoms. The van der Waals surface area contributed by atoms with Crippen LogP contribution in [-0.2, 0) is 6.42 Å². The number of aryl methyl sites for hydroxylation is 1. The molecule has 0 heterocycles. The molecule has 0 amide bonds. The summed E-state index contributed by atoms with van der Waals surface area (Å²) >= 11 is 3.81. The molecule has 0 bridgehead atoms. The summed E-state index contributed by atoms with van der Waals surface area (Å²) in [7, 11) is -0.0990. The van der Waals surface area contributed by atoms with Crippen LogP contribution in [0.2, 0.25) is 18.1 Å². The van der Waals surface area contributed by atoms with Gasteiger partial charge in [-0.1, -0.05) is 54.9 Å². The zero-order chi connectivity index (χ0) is 19.8. The van der Waals surface area contributed by atoms with E-state index < -0.39 is 8.32 Å². The molecule has 0 saturated carbocycles. The second-order valence-corrected chi connectivity index (χ2v) is 14.4. The van der Waals surface area contributed by atoms with Crippen molar-refractivity contribution in [3.63, 3.8) is 0 Å². The Hall–Kier alpha value is -1.52. The highest BCUT2D eigenvalue weighted by molar-refractivity contribution is 9.11. The molecule has 0 radical (unpaired) electrons. The average molecular weight is 445 g/mol. The van der Waals surface area contributed by atoms with Gasteiger partial charge in [0, 0.05) is 4.48 Å². The van der Waals surface area contributed by atoms with Crippen LogP contribution in [0.3, 0.4) is 0 Å². The minimum atomic E-state index is -1.82. The van der Waals surface area contributed by atoms with Crippen LogP contribution in [0.4, 0.5) is 0 Å². The zero-order valence-electron chi connectivity index (χ0n) is 17.2. The second-order valence-electron chi connectivity index (χ2n) is 8.69. The lowest BCUT2D eigenvalue weighted by Crippen LogP contribution is -2.43. The number of allylic oxidation sites excluding steroid dienone is 1. The summed E-state index contributed by atoms with van der Waals surface area (Å²) in [4.78, 5) is 0. The molecule has 0 aliphatic heterocycles. The second kappa shape index (κ2) is 7.48. The van der Waals surface area contributed by atoms with Gasteiger partial charge in [-0.15, -0.1) is 0 Å². The highest BCUT2D eigenvalue weighted by Gasteiger charge is 2.38. The summed E-state index contributed by atoms with van der Waals surface area (Å²) in [5.74, 6) is 1.89. The van der Waals surface area contributed by atoms with Crippen molar-refractivity contribution in [3.8, 4) is 11.5 Å². The number of methoxy groups -OCH3 is 1. The largest absolute Gasteiger partial charge is 0.544 e. The van der Waals surface area contributed by atoms with Crippen molar-refractivity contribution in [1.29, 1.82) is 0 Å². The molecule has 0 spiro atoms. The summed E-state index contributed by atoms with van der Waals surface area (Å²) in [6.45, 7) is 11.4. The van der Waals surface area contributed by atoms with Crippen LogP contribution in [0.15, 0.2) is 46.9 Å². The summed E-state index contributed by atoms with van der Waals surface area (Å²) in [5.41, 5.74) is 5.12. The van der Waals surface area contributed by atoms with Crippen LogP contribution in [0.1, 0.15) is 43.9 Å². The average Bonchev–Trinajstić information content (AvgIpc) is 2.61. The fourth-order valence-corrected chi connectivity index (χ4v) is 4.79. The normalized spacial score (nSPS) is 14.8. The smallest absolute Gasteiger partial charge is 0.250 e. The number of fused-ring (bicyclic) bond motifs is 1. The molecule has 0 unspecified atom stereocenters. The predicted octanol–water partition coefficient (Wildman–Crippen LogP) is 7.18. The molecule has 0 atom stereocenters. The third kappa shape index (κ3) is 4.17. The van der Waals surface area contributed by atoms with E-state index in [4.69, 9.17) is 9.16 Å². The molecule has 2 nitrogen and oxygen atoms in total. The molecular weight excluding hydrogens is 416 g/mol. The lowest BCUT2D eigenvalue weighted by Gasteiger charge is -2.36. The first-order chi connectivity index (χ1) is 12.6. The molecule has 2 aromatic rings. The summed E-state index contributed by atoms with van der Waals surface area (Å²) < 4.78 is 13.1. The Balaban J connectivity index is 1.92. The Morgan fingerprint density at radius 3 is 2.15 bits per heavy atom. The quantitative estimate of drug-likeness (QED) is 0.464. The molecule has 1 aliphatic carbocycles. The number of hydrogen-bond acceptors (Lipinski definition) is 2. The molecular formula is C23H29BrO2Si. The Morgan fingerprint density at radius 2 is 1.56 bits per heavy atom. The summed E-state index contributed by atoms with van der Waals surface area (Å²) in [6.07, 6.45) is 2.04. The fourth-order valence-electron chi connectivity index (χ4n) is 3.11. The van der Waals surface area contributed by atoms with Gasteiger partial charge in [0.15, 0.2) is 0 Å². The van der Waals surface area contributed by atoms with Crippen molar-refractivity contribution in [1.82, 2.24) is 0 Å². The van der Waals surface area contributed by atoms with Gasteiger partial charge in [-0.3, -0.25) is 0 Å². The fraction of sp³-hybridized carbons (Fsp3) is 0.391. The number of ether oxygens (including phenoxy) is 1. The van der Waals surface area contributed by atoms with Gasteiger partial charge in [-0.2, -0.15) is 0 Å². The molecule has 27 heavy (non-hydrogen) atoms. The lowest BCUT2D eigenvalue weighted by molar-refractivity contribution is 0.414. The van der Waals surface area contributed by atoms with Gasteiger partial charge in [-0.05, 0) is 77.5 Å². The van der Waals surface area contributed by atoms with E-state index in [9.17, 15) is 0 Å². The minimum Gasteiger partial charge on any atom is -0.544 e. The van der Waals surface area contributed by atoms with Crippen LogP contribution in [0.25, 0.3) is 5.57 Å². The van der Waals surface area contributed by atoms with E-state index in [-0.39, 0.29) is 5.04 Å². The first-order valence-corrected chi connectivity index (χ1v) is 13.2. The van der Waals surface area contributed by atoms with E-state index >= 15 is 0 Å². The number of hydrogen-bond donors (Lipinski definition) is 0. The topological polar surface area (TPSA) is 18.5 Å². The monoisotopic (exact) mass is 444 g/mol. The zero-order valence-corrected chi connectivity index (χ0v) is 19.7. The first kappa shape index (κ1) is 20.2. The molecule has 3 rings (SSSR count). The van der Waals surface area contributed by atoms with Crippen LogP contribution in [0, 0.1) is 0 Å². The number of halogens is 1. The highest BCUT2D eigenvalue weighted by atomic mass is 79.9. The van der Waals surface area contributed by atoms with Crippen molar-refractivity contribution in [2.45, 2.75) is 51.7 Å². The van der Waals surface area contributed by atoms with Gasteiger partial charge >= 0.3 is 0 Å². The number of rotatable bonds is 4. The first-order valence-electron chi connectivity index (χ1n) is 9.48. The Kier molecular flexibility index (Phi) is 5.60. The van der Waals surface area contributed by atoms with Gasteiger partial charge in [-0.25, -0.2) is 0 Å². The van der Waals surface area contributed by atoms with Crippen LogP contribution < -0.4 is 9.16 Å². The van der Waals surface area contributed by atoms with Gasteiger partial charge < -0.3 is 9.16 Å². The number of benzene rings is 2. The Labute approximate surface area is 172 Å². The maximum absolute atomic E-state index is 6.43. The summed E-state index contributed by atoms with van der Waals surface area (Å²) in [5, 5.41) is 0.193. The van der Waals surface area contributed by atoms with Gasteiger partial charge in [0.2, 0.25) is 8.32 Å². The molecule has 144 valence electrons. The standard InChI is InChI=1S/C23H29BrO2Si/c1-23(2,3)27(5,6)26-18-10-7-16(8-11-18)22-20-13-12-19(25-4)15-17(20)9-14-21(22)24/h7-8,10-13,15H,9,14H2,1-6H3. The molecule has 0 fully saturated rings. The van der Waals surface area contributed by atoms with E-state index in [0.29, 0.717) is 0 Å². The van der Waals surface area contributed by atoms with Crippen molar-refractivity contribution in [2.75, 3.05) is 7.11 Å². The van der Waals surface area contributed by atoms with Gasteiger partial charge in [0.25, 0.3) is 0 Å². The third-order valence-corrected chi connectivity index (χ3v) is 10.9. The minimum absolute atomic E-state index is 0.193. The van der Waals surface area contributed by atoms with Crippen molar-refractivity contribution >= 4 is 29.8 Å². The van der Waals surface area contributed by atoms with Crippen molar-refractivity contribution in [3.05, 3.63) is 63.6 Å². The van der Waals surface area contributed by atoms with Crippen molar-refractivity contribution < 1.29 is 9.16 Å². The van der Waals surface area contributed by atoms with E-state index in [2.05, 4.69) is 86.2 Å². The molecule has 0 aromatic heterocycles. The van der Waals surface area contributed by atoms with Gasteiger partial charge in [0.1, 0.15) is 11.5 Å². The molecule has 0 saturated heterocycles. The van der Waals surface area contributed by atoms with Crippen LogP contribution >= 0.6 is 15.9 Å². The maximum Gasteiger partial charge on any atom is 0.250 e. The summed E-state index contributed by atoms with van der Waals surface area (Å²) in [6, 6.07) is 15.0. The SMILES string of the molecule is COc1ccc2c(c1)CCC(Br)=C2c1ccc(O[Si](C)(C)C(C)(C)C)cc1. The van der Waals surface area contributed by atoms with Crippen molar-refractivity contribution in [2.24, 2.45) is 0 Å².